The van der Waals surface area contributed by atoms with Crippen molar-refractivity contribution in [1.82, 2.24) is 10.2 Å². The van der Waals surface area contributed by atoms with Gasteiger partial charge in [-0.05, 0) is 31.2 Å². The molecule has 1 aliphatic heterocycles. The van der Waals surface area contributed by atoms with E-state index in [9.17, 15) is 18.8 Å². The van der Waals surface area contributed by atoms with Crippen LogP contribution in [-0.4, -0.2) is 35.2 Å². The Morgan fingerprint density at radius 2 is 2.00 bits per heavy atom. The zero-order valence-electron chi connectivity index (χ0n) is 10.4. The first-order valence-corrected chi connectivity index (χ1v) is 5.93. The van der Waals surface area contributed by atoms with Gasteiger partial charge < -0.3 is 4.90 Å². The number of hydrogen-bond donors (Lipinski definition) is 1. The van der Waals surface area contributed by atoms with E-state index in [-0.39, 0.29) is 17.9 Å². The highest BCUT2D eigenvalue weighted by Crippen LogP contribution is 2.15. The van der Waals surface area contributed by atoms with Crippen LogP contribution in [0, 0.1) is 5.82 Å². The SMILES string of the molecule is CCN(C(=O)c1ccc(F)cc1)[C@@H]1CC(=O)NC1=O. The molecule has 0 aromatic heterocycles. The fourth-order valence-corrected chi connectivity index (χ4v) is 2.06. The summed E-state index contributed by atoms with van der Waals surface area (Å²) in [7, 11) is 0. The Labute approximate surface area is 109 Å². The summed E-state index contributed by atoms with van der Waals surface area (Å²) in [5.74, 6) is -1.69. The highest BCUT2D eigenvalue weighted by atomic mass is 19.1. The number of imide groups is 1. The molecule has 1 heterocycles. The number of nitrogens with zero attached hydrogens (tertiary/aromatic N) is 1. The first-order chi connectivity index (χ1) is 9.02. The third-order valence-corrected chi connectivity index (χ3v) is 3.01. The van der Waals surface area contributed by atoms with Crippen LogP contribution < -0.4 is 5.32 Å². The van der Waals surface area contributed by atoms with Crippen molar-refractivity contribution < 1.29 is 18.8 Å². The van der Waals surface area contributed by atoms with Gasteiger partial charge in [-0.1, -0.05) is 0 Å². The number of amides is 3. The average Bonchev–Trinajstić information content (AvgIpc) is 2.70. The summed E-state index contributed by atoms with van der Waals surface area (Å²) in [6.45, 7) is 2.01. The van der Waals surface area contributed by atoms with Gasteiger partial charge in [-0.2, -0.15) is 0 Å². The minimum Gasteiger partial charge on any atom is -0.326 e. The molecule has 19 heavy (non-hydrogen) atoms. The van der Waals surface area contributed by atoms with Crippen LogP contribution >= 0.6 is 0 Å². The Bertz CT molecular complexity index is 527. The lowest BCUT2D eigenvalue weighted by atomic mass is 10.1. The second-order valence-corrected chi connectivity index (χ2v) is 4.23. The lowest BCUT2D eigenvalue weighted by Crippen LogP contribution is -2.44. The van der Waals surface area contributed by atoms with Crippen LogP contribution in [0.1, 0.15) is 23.7 Å². The van der Waals surface area contributed by atoms with E-state index in [0.717, 1.165) is 0 Å². The van der Waals surface area contributed by atoms with Gasteiger partial charge >= 0.3 is 0 Å². The average molecular weight is 264 g/mol. The number of carbonyl (C=O) groups excluding carboxylic acids is 3. The van der Waals surface area contributed by atoms with Crippen molar-refractivity contribution in [2.45, 2.75) is 19.4 Å². The predicted octanol–water partition coefficient (Wildman–Crippen LogP) is 0.703. The quantitative estimate of drug-likeness (QED) is 0.817. The van der Waals surface area contributed by atoms with Crippen molar-refractivity contribution in [3.63, 3.8) is 0 Å². The first-order valence-electron chi connectivity index (χ1n) is 5.93. The number of halogens is 1. The monoisotopic (exact) mass is 264 g/mol. The van der Waals surface area contributed by atoms with Crippen LogP contribution in [0.3, 0.4) is 0 Å². The van der Waals surface area contributed by atoms with Gasteiger partial charge in [0.25, 0.3) is 5.91 Å². The topological polar surface area (TPSA) is 66.5 Å². The molecule has 1 aromatic carbocycles. The van der Waals surface area contributed by atoms with Gasteiger partial charge in [0.2, 0.25) is 11.8 Å². The van der Waals surface area contributed by atoms with Crippen LogP contribution in [-0.2, 0) is 9.59 Å². The maximum atomic E-state index is 12.8. The summed E-state index contributed by atoms with van der Waals surface area (Å²) < 4.78 is 12.8. The number of benzene rings is 1. The van der Waals surface area contributed by atoms with E-state index in [1.807, 2.05) is 0 Å². The number of carbonyl (C=O) groups is 3. The predicted molar refractivity (Wildman–Crippen MR) is 64.7 cm³/mol. The van der Waals surface area contributed by atoms with Gasteiger partial charge in [0.1, 0.15) is 11.9 Å². The summed E-state index contributed by atoms with van der Waals surface area (Å²) in [6.07, 6.45) is -0.0282. The normalized spacial score (nSPS) is 18.3. The van der Waals surface area contributed by atoms with Gasteiger partial charge in [0.15, 0.2) is 0 Å². The molecule has 0 radical (unpaired) electrons. The van der Waals surface area contributed by atoms with Crippen molar-refractivity contribution in [2.24, 2.45) is 0 Å². The molecule has 1 saturated heterocycles. The summed E-state index contributed by atoms with van der Waals surface area (Å²) >= 11 is 0. The molecule has 0 spiro atoms. The van der Waals surface area contributed by atoms with Gasteiger partial charge in [-0.25, -0.2) is 4.39 Å². The van der Waals surface area contributed by atoms with E-state index in [1.54, 1.807) is 6.92 Å². The number of nitrogens with one attached hydrogen (secondary N) is 1. The van der Waals surface area contributed by atoms with E-state index in [2.05, 4.69) is 5.32 Å². The Kier molecular flexibility index (Phi) is 3.59. The van der Waals surface area contributed by atoms with Crippen molar-refractivity contribution in [2.75, 3.05) is 6.54 Å². The minimum absolute atomic E-state index is 0.0282. The van der Waals surface area contributed by atoms with Gasteiger partial charge in [-0.15, -0.1) is 0 Å². The van der Waals surface area contributed by atoms with E-state index in [1.165, 1.54) is 29.2 Å². The van der Waals surface area contributed by atoms with E-state index >= 15 is 0 Å². The Hall–Kier alpha value is -2.24. The molecular weight excluding hydrogens is 251 g/mol. The van der Waals surface area contributed by atoms with Crippen molar-refractivity contribution >= 4 is 17.7 Å². The van der Waals surface area contributed by atoms with Crippen LogP contribution in [0.15, 0.2) is 24.3 Å². The molecule has 1 atom stereocenters. The number of rotatable bonds is 3. The molecule has 1 N–H and O–H groups in total. The molecule has 6 heteroatoms. The molecular formula is C13H13FN2O3. The lowest BCUT2D eigenvalue weighted by Gasteiger charge is -2.25. The fourth-order valence-electron chi connectivity index (χ4n) is 2.06. The summed E-state index contributed by atoms with van der Waals surface area (Å²) in [6, 6.07) is 4.29. The third kappa shape index (κ3) is 2.62. The summed E-state index contributed by atoms with van der Waals surface area (Å²) in [5, 5.41) is 2.17. The maximum absolute atomic E-state index is 12.8. The number of hydrogen-bond acceptors (Lipinski definition) is 3. The molecule has 0 unspecified atom stereocenters. The van der Waals surface area contributed by atoms with Gasteiger partial charge in [0, 0.05) is 12.1 Å². The van der Waals surface area contributed by atoms with Crippen molar-refractivity contribution in [3.8, 4) is 0 Å². The number of likely N-dealkylation sites (N-methyl/N-ethyl adjacent to an activating group) is 1. The second-order valence-electron chi connectivity index (χ2n) is 4.23. The molecule has 2 rings (SSSR count). The molecule has 3 amide bonds. The van der Waals surface area contributed by atoms with Crippen LogP contribution in [0.2, 0.25) is 0 Å². The zero-order valence-corrected chi connectivity index (χ0v) is 10.4. The van der Waals surface area contributed by atoms with Gasteiger partial charge in [0.05, 0.1) is 6.42 Å². The summed E-state index contributed by atoms with van der Waals surface area (Å²) in [4.78, 5) is 36.3. The molecule has 100 valence electrons. The van der Waals surface area contributed by atoms with Crippen LogP contribution in [0.5, 0.6) is 0 Å². The van der Waals surface area contributed by atoms with E-state index in [0.29, 0.717) is 6.54 Å². The molecule has 1 fully saturated rings. The zero-order chi connectivity index (χ0) is 14.0. The molecule has 5 nitrogen and oxygen atoms in total. The lowest BCUT2D eigenvalue weighted by molar-refractivity contribution is -0.126. The fraction of sp³-hybridized carbons (Fsp3) is 0.308. The molecule has 0 aliphatic carbocycles. The minimum atomic E-state index is -0.782. The van der Waals surface area contributed by atoms with E-state index < -0.39 is 23.7 Å². The molecule has 1 aromatic rings. The highest BCUT2D eigenvalue weighted by molar-refractivity contribution is 6.08. The maximum Gasteiger partial charge on any atom is 0.254 e. The van der Waals surface area contributed by atoms with Gasteiger partial charge in [-0.3, -0.25) is 19.7 Å². The molecule has 0 saturated carbocycles. The Morgan fingerprint density at radius 1 is 1.37 bits per heavy atom. The summed E-state index contributed by atoms with van der Waals surface area (Å²) in [5.41, 5.74) is 0.287. The molecule has 1 aliphatic rings. The molecule has 0 bridgehead atoms. The Morgan fingerprint density at radius 3 is 2.47 bits per heavy atom. The smallest absolute Gasteiger partial charge is 0.254 e. The highest BCUT2D eigenvalue weighted by Gasteiger charge is 2.37. The largest absolute Gasteiger partial charge is 0.326 e. The third-order valence-electron chi connectivity index (χ3n) is 3.01. The van der Waals surface area contributed by atoms with E-state index in [4.69, 9.17) is 0 Å². The second kappa shape index (κ2) is 5.17. The van der Waals surface area contributed by atoms with Crippen molar-refractivity contribution in [1.29, 1.82) is 0 Å². The Balaban J connectivity index is 2.22. The van der Waals surface area contributed by atoms with Crippen LogP contribution in [0.4, 0.5) is 4.39 Å². The van der Waals surface area contributed by atoms with Crippen LogP contribution in [0.25, 0.3) is 0 Å². The standard InChI is InChI=1S/C13H13FN2O3/c1-2-16(10-7-11(17)15-12(10)18)13(19)8-3-5-9(14)6-4-8/h3-6,10H,2,7H2,1H3,(H,15,17,18)/t10-/m1/s1. The first kappa shape index (κ1) is 13.2. The van der Waals surface area contributed by atoms with Crippen molar-refractivity contribution in [3.05, 3.63) is 35.6 Å².